The standard InChI is InChI=1S/C18H20Cl2N2O4S/c1-2-10-7-22(18(25)21-17(10)24)16-6-14(23)15(26-16)9-27-8-11-3-4-12(19)5-13(11)20/h3-5,7,14-16,23H,2,6,8-9H2,1H3,(H,21,24,25)/t14-,15+,16+/m0/s1. The SMILES string of the molecule is CCc1cn([C@H]2C[C@H](O)[C@@H](CSCc3ccc(Cl)cc3Cl)O2)c(=O)[nH]c1=O. The van der Waals surface area contributed by atoms with Gasteiger partial charge in [-0.05, 0) is 24.1 Å². The Labute approximate surface area is 170 Å². The second kappa shape index (κ2) is 8.84. The third-order valence-corrected chi connectivity index (χ3v) is 6.16. The quantitative estimate of drug-likeness (QED) is 0.735. The molecule has 2 N–H and O–H groups in total. The zero-order valence-electron chi connectivity index (χ0n) is 14.7. The Kier molecular flexibility index (Phi) is 6.70. The van der Waals surface area contributed by atoms with Crippen molar-refractivity contribution in [3.05, 3.63) is 66.4 Å². The lowest BCUT2D eigenvalue weighted by Gasteiger charge is -2.16. The van der Waals surface area contributed by atoms with Gasteiger partial charge < -0.3 is 9.84 Å². The Morgan fingerprint density at radius 3 is 2.81 bits per heavy atom. The summed E-state index contributed by atoms with van der Waals surface area (Å²) in [6, 6.07) is 5.36. The van der Waals surface area contributed by atoms with Crippen LogP contribution in [0.2, 0.25) is 10.0 Å². The van der Waals surface area contributed by atoms with Crippen LogP contribution in [0.4, 0.5) is 0 Å². The maximum absolute atomic E-state index is 12.1. The van der Waals surface area contributed by atoms with Gasteiger partial charge in [-0.2, -0.15) is 11.8 Å². The van der Waals surface area contributed by atoms with Crippen molar-refractivity contribution < 1.29 is 9.84 Å². The number of aliphatic hydroxyl groups is 1. The molecule has 2 heterocycles. The van der Waals surface area contributed by atoms with E-state index in [1.54, 1.807) is 23.9 Å². The summed E-state index contributed by atoms with van der Waals surface area (Å²) in [6.45, 7) is 1.84. The molecule has 3 atom stereocenters. The lowest BCUT2D eigenvalue weighted by atomic mass is 10.2. The highest BCUT2D eigenvalue weighted by Gasteiger charge is 2.35. The number of rotatable bonds is 6. The topological polar surface area (TPSA) is 84.3 Å². The Morgan fingerprint density at radius 2 is 2.11 bits per heavy atom. The number of thioether (sulfide) groups is 1. The number of hydrogen-bond acceptors (Lipinski definition) is 5. The van der Waals surface area contributed by atoms with Gasteiger partial charge in [0.05, 0.1) is 12.2 Å². The zero-order chi connectivity index (χ0) is 19.6. The number of H-pyrrole nitrogens is 1. The summed E-state index contributed by atoms with van der Waals surface area (Å²) in [6.07, 6.45) is 0.622. The van der Waals surface area contributed by atoms with Crippen molar-refractivity contribution in [2.45, 2.75) is 44.0 Å². The average Bonchev–Trinajstić information content (AvgIpc) is 2.97. The first-order valence-electron chi connectivity index (χ1n) is 8.58. The van der Waals surface area contributed by atoms with Crippen molar-refractivity contribution in [1.82, 2.24) is 9.55 Å². The molecule has 1 aliphatic heterocycles. The highest BCUT2D eigenvalue weighted by Crippen LogP contribution is 2.31. The first-order chi connectivity index (χ1) is 12.9. The van der Waals surface area contributed by atoms with Gasteiger partial charge in [-0.3, -0.25) is 14.3 Å². The number of aryl methyl sites for hydroxylation is 1. The van der Waals surface area contributed by atoms with Gasteiger partial charge in [-0.1, -0.05) is 36.2 Å². The molecule has 0 radical (unpaired) electrons. The normalized spacial score (nSPS) is 22.3. The molecule has 0 unspecified atom stereocenters. The van der Waals surface area contributed by atoms with Crippen LogP contribution in [0.1, 0.15) is 30.7 Å². The second-order valence-corrected chi connectivity index (χ2v) is 8.23. The maximum Gasteiger partial charge on any atom is 0.330 e. The molecular formula is C18H20Cl2N2O4S. The lowest BCUT2D eigenvalue weighted by molar-refractivity contribution is -0.00767. The van der Waals surface area contributed by atoms with E-state index in [0.717, 1.165) is 5.56 Å². The Morgan fingerprint density at radius 1 is 1.33 bits per heavy atom. The molecule has 9 heteroatoms. The summed E-state index contributed by atoms with van der Waals surface area (Å²) in [5.41, 5.74) is 0.544. The van der Waals surface area contributed by atoms with Gasteiger partial charge in [0.2, 0.25) is 0 Å². The largest absolute Gasteiger partial charge is 0.390 e. The van der Waals surface area contributed by atoms with Gasteiger partial charge in [0, 0.05) is 39.7 Å². The van der Waals surface area contributed by atoms with Crippen LogP contribution in [-0.4, -0.2) is 32.6 Å². The first-order valence-corrected chi connectivity index (χ1v) is 10.5. The van der Waals surface area contributed by atoms with Crippen molar-refractivity contribution >= 4 is 35.0 Å². The fourth-order valence-electron chi connectivity index (χ4n) is 2.95. The van der Waals surface area contributed by atoms with Crippen LogP contribution in [0.3, 0.4) is 0 Å². The maximum atomic E-state index is 12.1. The van der Waals surface area contributed by atoms with Crippen LogP contribution < -0.4 is 11.2 Å². The molecule has 1 aromatic heterocycles. The van der Waals surface area contributed by atoms with Crippen molar-refractivity contribution in [3.8, 4) is 0 Å². The van der Waals surface area contributed by atoms with Crippen molar-refractivity contribution in [2.24, 2.45) is 0 Å². The number of nitrogens with one attached hydrogen (secondary N) is 1. The van der Waals surface area contributed by atoms with Gasteiger partial charge in [-0.15, -0.1) is 0 Å². The summed E-state index contributed by atoms with van der Waals surface area (Å²) in [4.78, 5) is 26.1. The number of benzene rings is 1. The van der Waals surface area contributed by atoms with Crippen LogP contribution in [0.5, 0.6) is 0 Å². The van der Waals surface area contributed by atoms with Gasteiger partial charge in [0.25, 0.3) is 5.56 Å². The van der Waals surface area contributed by atoms with E-state index in [1.807, 2.05) is 13.0 Å². The average molecular weight is 431 g/mol. The lowest BCUT2D eigenvalue weighted by Crippen LogP contribution is -2.34. The molecule has 2 aromatic rings. The van der Waals surface area contributed by atoms with E-state index < -0.39 is 24.1 Å². The molecule has 146 valence electrons. The van der Waals surface area contributed by atoms with E-state index in [2.05, 4.69) is 4.98 Å². The molecule has 0 amide bonds. The fraction of sp³-hybridized carbons (Fsp3) is 0.444. The highest BCUT2D eigenvalue weighted by atomic mass is 35.5. The molecule has 0 saturated carbocycles. The number of aromatic amines is 1. The first kappa shape index (κ1) is 20.5. The molecule has 1 fully saturated rings. The van der Waals surface area contributed by atoms with Crippen molar-refractivity contribution in [2.75, 3.05) is 5.75 Å². The number of halogens is 2. The number of aromatic nitrogens is 2. The Balaban J connectivity index is 1.63. The summed E-state index contributed by atoms with van der Waals surface area (Å²) in [5.74, 6) is 1.21. The van der Waals surface area contributed by atoms with Crippen LogP contribution in [0, 0.1) is 0 Å². The van der Waals surface area contributed by atoms with Crippen LogP contribution in [0.25, 0.3) is 0 Å². The second-order valence-electron chi connectivity index (χ2n) is 6.36. The van der Waals surface area contributed by atoms with Gasteiger partial charge in [0.15, 0.2) is 0 Å². The molecule has 1 aliphatic rings. The molecule has 3 rings (SSSR count). The number of nitrogens with zero attached hydrogens (tertiary/aromatic N) is 1. The van der Waals surface area contributed by atoms with Gasteiger partial charge in [-0.25, -0.2) is 4.79 Å². The minimum Gasteiger partial charge on any atom is -0.390 e. The molecular weight excluding hydrogens is 411 g/mol. The predicted molar refractivity (Wildman–Crippen MR) is 108 cm³/mol. The molecule has 1 saturated heterocycles. The molecule has 27 heavy (non-hydrogen) atoms. The van der Waals surface area contributed by atoms with Gasteiger partial charge >= 0.3 is 5.69 Å². The van der Waals surface area contributed by atoms with Crippen LogP contribution >= 0.6 is 35.0 Å². The molecule has 0 bridgehead atoms. The minimum absolute atomic E-state index is 0.294. The summed E-state index contributed by atoms with van der Waals surface area (Å²) >= 11 is 13.6. The minimum atomic E-state index is -0.688. The Bertz CT molecular complexity index is 930. The zero-order valence-corrected chi connectivity index (χ0v) is 17.0. The molecule has 0 spiro atoms. The number of hydrogen-bond donors (Lipinski definition) is 2. The smallest absolute Gasteiger partial charge is 0.330 e. The molecule has 1 aromatic carbocycles. The molecule has 0 aliphatic carbocycles. The highest BCUT2D eigenvalue weighted by molar-refractivity contribution is 7.98. The Hall–Kier alpha value is -1.25. The van der Waals surface area contributed by atoms with Crippen molar-refractivity contribution in [3.63, 3.8) is 0 Å². The van der Waals surface area contributed by atoms with E-state index in [9.17, 15) is 14.7 Å². The monoisotopic (exact) mass is 430 g/mol. The van der Waals surface area contributed by atoms with E-state index in [4.69, 9.17) is 27.9 Å². The third kappa shape index (κ3) is 4.78. The van der Waals surface area contributed by atoms with Gasteiger partial charge in [0.1, 0.15) is 6.23 Å². The van der Waals surface area contributed by atoms with E-state index in [0.29, 0.717) is 40.0 Å². The summed E-state index contributed by atoms with van der Waals surface area (Å²) in [5, 5.41) is 11.5. The predicted octanol–water partition coefficient (Wildman–Crippen LogP) is 2.99. The molecule has 6 nitrogen and oxygen atoms in total. The van der Waals surface area contributed by atoms with Crippen LogP contribution in [-0.2, 0) is 16.9 Å². The summed E-state index contributed by atoms with van der Waals surface area (Å²) in [7, 11) is 0. The summed E-state index contributed by atoms with van der Waals surface area (Å²) < 4.78 is 7.23. The van der Waals surface area contributed by atoms with E-state index in [-0.39, 0.29) is 5.56 Å². The fourth-order valence-corrected chi connectivity index (χ4v) is 4.63. The number of aliphatic hydroxyl groups excluding tert-OH is 1. The van der Waals surface area contributed by atoms with Crippen LogP contribution in [0.15, 0.2) is 34.0 Å². The number of ether oxygens (including phenoxy) is 1. The third-order valence-electron chi connectivity index (χ3n) is 4.49. The van der Waals surface area contributed by atoms with Crippen molar-refractivity contribution in [1.29, 1.82) is 0 Å². The van der Waals surface area contributed by atoms with E-state index in [1.165, 1.54) is 10.8 Å². The van der Waals surface area contributed by atoms with E-state index >= 15 is 0 Å².